The van der Waals surface area contributed by atoms with Crippen LogP contribution in [0.2, 0.25) is 0 Å². The highest BCUT2D eigenvalue weighted by Gasteiger charge is 2.76. The summed E-state index contributed by atoms with van der Waals surface area (Å²) >= 11 is 0. The van der Waals surface area contributed by atoms with Gasteiger partial charge >= 0.3 is 24.1 Å². The fourth-order valence-corrected chi connectivity index (χ4v) is 5.38. The van der Waals surface area contributed by atoms with Gasteiger partial charge < -0.3 is 9.47 Å². The predicted molar refractivity (Wildman–Crippen MR) is 125 cm³/mol. The van der Waals surface area contributed by atoms with Gasteiger partial charge in [-0.15, -0.1) is 0 Å². The highest BCUT2D eigenvalue weighted by molar-refractivity contribution is 6.18. The summed E-state index contributed by atoms with van der Waals surface area (Å²) in [7, 11) is 0. The topological polar surface area (TPSA) is 115 Å². The van der Waals surface area contributed by atoms with E-state index in [-0.39, 0.29) is 24.0 Å². The second kappa shape index (κ2) is 6.24. The second-order valence-corrected chi connectivity index (χ2v) is 8.47. The van der Waals surface area contributed by atoms with Gasteiger partial charge in [-0.2, -0.15) is 9.98 Å². The maximum absolute atomic E-state index is 14.1. The lowest BCUT2D eigenvalue weighted by atomic mass is 9.81. The van der Waals surface area contributed by atoms with E-state index in [1.165, 1.54) is 44.5 Å². The van der Waals surface area contributed by atoms with Crippen molar-refractivity contribution in [2.75, 3.05) is 0 Å². The molecule has 2 aromatic rings. The number of hydrogen-bond acceptors (Lipinski definition) is 8. The second-order valence-electron chi connectivity index (χ2n) is 8.47. The molecule has 6 aliphatic rings. The van der Waals surface area contributed by atoms with E-state index in [2.05, 4.69) is 9.98 Å². The van der Waals surface area contributed by atoms with Gasteiger partial charge in [0.05, 0.1) is 12.4 Å². The van der Waals surface area contributed by atoms with Crippen LogP contribution in [0.4, 0.5) is 9.59 Å². The van der Waals surface area contributed by atoms with Crippen LogP contribution in [0.25, 0.3) is 0 Å². The van der Waals surface area contributed by atoms with Crippen LogP contribution in [0.1, 0.15) is 11.1 Å². The fraction of sp³-hybridized carbons (Fsp3) is 0.0833. The van der Waals surface area contributed by atoms with E-state index in [0.29, 0.717) is 11.1 Å². The van der Waals surface area contributed by atoms with E-state index < -0.39 is 23.4 Å². The van der Waals surface area contributed by atoms with Gasteiger partial charge in [-0.05, 0) is 0 Å². The van der Waals surface area contributed by atoms with E-state index >= 15 is 0 Å². The lowest BCUT2D eigenvalue weighted by Crippen LogP contribution is -2.69. The van der Waals surface area contributed by atoms with Crippen molar-refractivity contribution >= 4 is 36.0 Å². The average Bonchev–Trinajstić information content (AvgIpc) is 3.67. The van der Waals surface area contributed by atoms with Crippen molar-refractivity contribution in [3.63, 3.8) is 0 Å². The zero-order valence-corrected chi connectivity index (χ0v) is 18.3. The summed E-state index contributed by atoms with van der Waals surface area (Å²) in [6.45, 7) is 0. The Kier molecular flexibility index (Phi) is 3.31. The molecule has 0 unspecified atom stereocenters. The SMILES string of the molecule is O=C1N2C=COC2=NC2=NC3(c4ccccc4)N=C4N=C5OC=CN5C(=O)N4C3(c3ccccc3)N12. The van der Waals surface area contributed by atoms with E-state index in [4.69, 9.17) is 19.5 Å². The van der Waals surface area contributed by atoms with Crippen LogP contribution in [0.5, 0.6) is 0 Å². The molecule has 0 N–H and O–H groups in total. The molecule has 0 saturated carbocycles. The molecule has 8 rings (SSSR count). The van der Waals surface area contributed by atoms with E-state index in [1.807, 2.05) is 60.7 Å². The molecule has 0 radical (unpaired) electrons. The minimum Gasteiger partial charge on any atom is -0.431 e. The summed E-state index contributed by atoms with van der Waals surface area (Å²) in [6, 6.07) is 17.6. The number of carbonyl (C=O) groups excluding carboxylic acids is 2. The first-order valence-corrected chi connectivity index (χ1v) is 11.1. The molecule has 0 saturated heterocycles. The third-order valence-electron chi connectivity index (χ3n) is 6.77. The zero-order valence-electron chi connectivity index (χ0n) is 18.3. The number of fused-ring (bicyclic) bond motifs is 7. The third-order valence-corrected chi connectivity index (χ3v) is 6.77. The van der Waals surface area contributed by atoms with Gasteiger partial charge in [0.25, 0.3) is 0 Å². The van der Waals surface area contributed by atoms with Crippen molar-refractivity contribution in [2.24, 2.45) is 20.0 Å². The molecule has 0 bridgehead atoms. The number of hydrogen-bond donors (Lipinski definition) is 0. The Bertz CT molecular complexity index is 1490. The normalized spacial score (nSPS) is 28.4. The summed E-state index contributed by atoms with van der Waals surface area (Å²) in [5.74, 6) is 0.141. The van der Waals surface area contributed by atoms with Crippen molar-refractivity contribution in [1.82, 2.24) is 19.6 Å². The number of nitrogens with zero attached hydrogens (tertiary/aromatic N) is 8. The first kappa shape index (κ1) is 19.1. The van der Waals surface area contributed by atoms with Gasteiger partial charge in [-0.1, -0.05) is 60.7 Å². The molecule has 6 heterocycles. The first-order valence-electron chi connectivity index (χ1n) is 11.1. The van der Waals surface area contributed by atoms with Crippen LogP contribution < -0.4 is 0 Å². The Labute approximate surface area is 203 Å². The van der Waals surface area contributed by atoms with Crippen LogP contribution >= 0.6 is 0 Å². The molecule has 0 atom stereocenters. The number of carbonyl (C=O) groups is 2. The Morgan fingerprint density at radius 3 is 1.61 bits per heavy atom. The van der Waals surface area contributed by atoms with Gasteiger partial charge in [-0.3, -0.25) is 0 Å². The average molecular weight is 478 g/mol. The van der Waals surface area contributed by atoms with E-state index in [1.54, 1.807) is 0 Å². The number of amides is 4. The Morgan fingerprint density at radius 1 is 0.639 bits per heavy atom. The standard InChI is InChI=1S/C24H14N8O4/c33-21-29-11-13-35-19(29)25-17-27-23(15-7-3-1-4-8-15)24(31(17)21,16-9-5-2-6-10-16)32-18(28-23)26-20-30(22(32)34)12-14-36-20/h1-14H. The quantitative estimate of drug-likeness (QED) is 0.660. The van der Waals surface area contributed by atoms with Crippen LogP contribution in [-0.2, 0) is 20.8 Å². The molecule has 12 heteroatoms. The van der Waals surface area contributed by atoms with Gasteiger partial charge in [0.2, 0.25) is 23.2 Å². The molecule has 6 aliphatic heterocycles. The monoisotopic (exact) mass is 478 g/mol. The molecular formula is C24H14N8O4. The van der Waals surface area contributed by atoms with Crippen LogP contribution in [0, 0.1) is 0 Å². The third kappa shape index (κ3) is 1.98. The molecule has 36 heavy (non-hydrogen) atoms. The van der Waals surface area contributed by atoms with Crippen LogP contribution in [0.3, 0.4) is 0 Å². The van der Waals surface area contributed by atoms with Gasteiger partial charge in [0, 0.05) is 11.1 Å². The number of rotatable bonds is 2. The van der Waals surface area contributed by atoms with Crippen molar-refractivity contribution in [3.8, 4) is 0 Å². The summed E-state index contributed by atoms with van der Waals surface area (Å²) in [5, 5.41) is 0. The summed E-state index contributed by atoms with van der Waals surface area (Å²) in [4.78, 5) is 52.4. The number of aliphatic imine (C=N–C) groups is 4. The lowest BCUT2D eigenvalue weighted by molar-refractivity contribution is 0.0260. The maximum atomic E-state index is 14.1. The molecule has 174 valence electrons. The van der Waals surface area contributed by atoms with E-state index in [0.717, 1.165) is 0 Å². The highest BCUT2D eigenvalue weighted by Crippen LogP contribution is 2.60. The van der Waals surface area contributed by atoms with Crippen molar-refractivity contribution in [1.29, 1.82) is 0 Å². The molecular weight excluding hydrogens is 464 g/mol. The molecule has 0 fully saturated rings. The molecule has 12 nitrogen and oxygen atoms in total. The number of amidine groups is 2. The number of benzene rings is 2. The molecule has 2 aromatic carbocycles. The Balaban J connectivity index is 1.50. The molecule has 0 aliphatic carbocycles. The van der Waals surface area contributed by atoms with Crippen molar-refractivity contribution in [3.05, 3.63) is 96.7 Å². The first-order chi connectivity index (χ1) is 17.6. The Hall–Kier alpha value is -5.26. The summed E-state index contributed by atoms with van der Waals surface area (Å²) in [6.07, 6.45) is 5.68. The van der Waals surface area contributed by atoms with E-state index in [9.17, 15) is 9.59 Å². The summed E-state index contributed by atoms with van der Waals surface area (Å²) < 4.78 is 10.8. The summed E-state index contributed by atoms with van der Waals surface area (Å²) in [5.41, 5.74) is -1.89. The fourth-order valence-electron chi connectivity index (χ4n) is 5.38. The van der Waals surface area contributed by atoms with Gasteiger partial charge in [0.1, 0.15) is 12.5 Å². The molecule has 4 amide bonds. The number of guanidine groups is 2. The van der Waals surface area contributed by atoms with Crippen molar-refractivity contribution in [2.45, 2.75) is 11.3 Å². The highest BCUT2D eigenvalue weighted by atomic mass is 16.5. The van der Waals surface area contributed by atoms with Crippen LogP contribution in [-0.4, -0.2) is 55.6 Å². The smallest absolute Gasteiger partial charge is 0.341 e. The van der Waals surface area contributed by atoms with Gasteiger partial charge in [0.15, 0.2) is 0 Å². The molecule has 0 aromatic heterocycles. The minimum absolute atomic E-state index is 0.0706. The number of ether oxygens (including phenoxy) is 2. The largest absolute Gasteiger partial charge is 0.431 e. The van der Waals surface area contributed by atoms with Crippen molar-refractivity contribution < 1.29 is 19.1 Å². The number of urea groups is 2. The predicted octanol–water partition coefficient (Wildman–Crippen LogP) is 2.62. The maximum Gasteiger partial charge on any atom is 0.341 e. The van der Waals surface area contributed by atoms with Crippen LogP contribution in [0.15, 0.2) is 106 Å². The zero-order chi connectivity index (χ0) is 24.1. The minimum atomic E-state index is -1.61. The van der Waals surface area contributed by atoms with Gasteiger partial charge in [-0.25, -0.2) is 39.2 Å². The Morgan fingerprint density at radius 2 is 1.11 bits per heavy atom. The molecule has 0 spiro atoms. The lowest BCUT2D eigenvalue weighted by Gasteiger charge is -2.48.